The molecule has 0 unspecified atom stereocenters. The quantitative estimate of drug-likeness (QED) is 0.423. The normalized spacial score (nSPS) is 12.8. The summed E-state index contributed by atoms with van der Waals surface area (Å²) in [6.07, 6.45) is 9.52. The third-order valence-corrected chi connectivity index (χ3v) is 7.31. The minimum absolute atomic E-state index is 0.0907. The number of nitrogens with one attached hydrogen (secondary N) is 2. The van der Waals surface area contributed by atoms with E-state index in [2.05, 4.69) is 20.6 Å². The maximum Gasteiger partial charge on any atom is 0.293 e. The van der Waals surface area contributed by atoms with Gasteiger partial charge in [0.15, 0.2) is 5.82 Å². The first-order chi connectivity index (χ1) is 16.5. The van der Waals surface area contributed by atoms with Crippen molar-refractivity contribution in [2.24, 2.45) is 7.05 Å². The van der Waals surface area contributed by atoms with Gasteiger partial charge in [-0.05, 0) is 68.0 Å². The lowest BCUT2D eigenvalue weighted by atomic mass is 9.99. The maximum absolute atomic E-state index is 13.0. The number of hydrogen-bond donors (Lipinski definition) is 2. The van der Waals surface area contributed by atoms with Crippen LogP contribution in [0.2, 0.25) is 0 Å². The molecule has 1 aliphatic rings. The summed E-state index contributed by atoms with van der Waals surface area (Å²) in [6.45, 7) is 1.95. The van der Waals surface area contributed by atoms with Crippen LogP contribution in [0, 0.1) is 6.92 Å². The number of aromatic nitrogens is 3. The number of fused-ring (bicyclic) bond motifs is 1. The van der Waals surface area contributed by atoms with Gasteiger partial charge in [-0.3, -0.25) is 14.6 Å². The van der Waals surface area contributed by atoms with E-state index < -0.39 is 0 Å². The van der Waals surface area contributed by atoms with Gasteiger partial charge in [-0.1, -0.05) is 12.1 Å². The number of nitrogens with zero attached hydrogens (tertiary/aromatic N) is 3. The lowest BCUT2D eigenvalue weighted by Gasteiger charge is -2.14. The standard InChI is InChI=1S/C26H25N5O2S/c1-16-19(21-15-31(2)26(33)24(29-21)28-18-8-6-12-27-14-18)9-5-10-20(16)30-25(32)23-13-17-7-3-4-11-22(17)34-23/h5-6,8-10,12-15H,3-4,7,11H2,1-2H3,(H,28,29)(H,30,32). The van der Waals surface area contributed by atoms with E-state index in [0.29, 0.717) is 11.4 Å². The molecule has 0 radical (unpaired) electrons. The first-order valence-electron chi connectivity index (χ1n) is 11.3. The van der Waals surface area contributed by atoms with Crippen molar-refractivity contribution in [2.75, 3.05) is 10.6 Å². The Bertz CT molecular complexity index is 1400. The zero-order chi connectivity index (χ0) is 23.7. The monoisotopic (exact) mass is 471 g/mol. The highest BCUT2D eigenvalue weighted by atomic mass is 32.1. The lowest BCUT2D eigenvalue weighted by molar-refractivity contribution is 0.103. The third-order valence-electron chi connectivity index (χ3n) is 6.07. The Morgan fingerprint density at radius 1 is 1.15 bits per heavy atom. The van der Waals surface area contributed by atoms with Crippen LogP contribution in [0.5, 0.6) is 0 Å². The topological polar surface area (TPSA) is 88.9 Å². The smallest absolute Gasteiger partial charge is 0.293 e. The van der Waals surface area contributed by atoms with Crippen LogP contribution in [0.1, 0.15) is 38.5 Å². The first-order valence-corrected chi connectivity index (χ1v) is 12.1. The summed E-state index contributed by atoms with van der Waals surface area (Å²) in [5.41, 5.74) is 4.84. The largest absolute Gasteiger partial charge is 0.334 e. The van der Waals surface area contributed by atoms with E-state index in [1.807, 2.05) is 37.3 Å². The van der Waals surface area contributed by atoms with Crippen LogP contribution in [0.3, 0.4) is 0 Å². The van der Waals surface area contributed by atoms with Gasteiger partial charge >= 0.3 is 0 Å². The van der Waals surface area contributed by atoms with Crippen molar-refractivity contribution in [1.82, 2.24) is 14.5 Å². The van der Waals surface area contributed by atoms with Gasteiger partial charge in [-0.2, -0.15) is 0 Å². The molecule has 0 spiro atoms. The van der Waals surface area contributed by atoms with Crippen molar-refractivity contribution >= 4 is 34.4 Å². The average molecular weight is 472 g/mol. The van der Waals surface area contributed by atoms with Gasteiger partial charge in [0.2, 0.25) is 0 Å². The molecule has 3 aromatic heterocycles. The minimum Gasteiger partial charge on any atom is -0.334 e. The molecule has 0 bridgehead atoms. The molecule has 3 heterocycles. The molecule has 0 fully saturated rings. The third kappa shape index (κ3) is 4.36. The lowest BCUT2D eigenvalue weighted by Crippen LogP contribution is -2.21. The number of amides is 1. The van der Waals surface area contributed by atoms with Gasteiger partial charge in [0.05, 0.1) is 22.5 Å². The van der Waals surface area contributed by atoms with Crippen LogP contribution in [-0.4, -0.2) is 20.4 Å². The molecule has 1 amide bonds. The van der Waals surface area contributed by atoms with Crippen molar-refractivity contribution in [3.8, 4) is 11.3 Å². The van der Waals surface area contributed by atoms with E-state index in [9.17, 15) is 9.59 Å². The van der Waals surface area contributed by atoms with Crippen LogP contribution < -0.4 is 16.2 Å². The van der Waals surface area contributed by atoms with Crippen molar-refractivity contribution in [1.29, 1.82) is 0 Å². The number of pyridine rings is 1. The molecule has 0 saturated carbocycles. The highest BCUT2D eigenvalue weighted by Crippen LogP contribution is 2.32. The van der Waals surface area contributed by atoms with Crippen molar-refractivity contribution in [2.45, 2.75) is 32.6 Å². The van der Waals surface area contributed by atoms with Gasteiger partial charge in [0.1, 0.15) is 0 Å². The Morgan fingerprint density at radius 3 is 2.79 bits per heavy atom. The van der Waals surface area contributed by atoms with Crippen LogP contribution in [0.25, 0.3) is 11.3 Å². The van der Waals surface area contributed by atoms with Crippen LogP contribution in [0.4, 0.5) is 17.2 Å². The molecule has 8 heteroatoms. The number of carbonyl (C=O) groups is 1. The summed E-state index contributed by atoms with van der Waals surface area (Å²) in [5.74, 6) is 0.123. The number of anilines is 3. The summed E-state index contributed by atoms with van der Waals surface area (Å²) in [7, 11) is 1.70. The fourth-order valence-corrected chi connectivity index (χ4v) is 5.37. The molecular formula is C26H25N5O2S. The van der Waals surface area contributed by atoms with Gasteiger partial charge < -0.3 is 15.2 Å². The second-order valence-corrected chi connectivity index (χ2v) is 9.59. The Labute approximate surface area is 201 Å². The minimum atomic E-state index is -0.239. The Morgan fingerprint density at radius 2 is 2.00 bits per heavy atom. The second-order valence-electron chi connectivity index (χ2n) is 8.46. The van der Waals surface area contributed by atoms with Gasteiger partial charge in [0, 0.05) is 35.6 Å². The molecule has 0 aliphatic heterocycles. The molecule has 34 heavy (non-hydrogen) atoms. The van der Waals surface area contributed by atoms with Gasteiger partial charge in [-0.15, -0.1) is 11.3 Å². The van der Waals surface area contributed by atoms with E-state index in [0.717, 1.165) is 34.5 Å². The van der Waals surface area contributed by atoms with Crippen LogP contribution in [-0.2, 0) is 19.9 Å². The van der Waals surface area contributed by atoms with Gasteiger partial charge in [0.25, 0.3) is 11.5 Å². The fraction of sp³-hybridized carbons (Fsp3) is 0.231. The number of hydrogen-bond acceptors (Lipinski definition) is 6. The molecule has 0 saturated heterocycles. The molecule has 4 aromatic rings. The molecule has 5 rings (SSSR count). The summed E-state index contributed by atoms with van der Waals surface area (Å²) in [6, 6.07) is 11.4. The van der Waals surface area contributed by atoms with Crippen molar-refractivity contribution in [3.63, 3.8) is 0 Å². The summed E-state index contributed by atoms with van der Waals surface area (Å²) in [5, 5.41) is 6.14. The number of thiophene rings is 1. The average Bonchev–Trinajstić information content (AvgIpc) is 3.28. The Hall–Kier alpha value is -3.78. The fourth-order valence-electron chi connectivity index (χ4n) is 4.23. The summed E-state index contributed by atoms with van der Waals surface area (Å²) >= 11 is 1.60. The second kappa shape index (κ2) is 9.23. The predicted molar refractivity (Wildman–Crippen MR) is 136 cm³/mol. The molecular weight excluding hydrogens is 446 g/mol. The summed E-state index contributed by atoms with van der Waals surface area (Å²) < 4.78 is 1.50. The molecule has 1 aromatic carbocycles. The molecule has 7 nitrogen and oxygen atoms in total. The zero-order valence-electron chi connectivity index (χ0n) is 19.1. The highest BCUT2D eigenvalue weighted by Gasteiger charge is 2.19. The van der Waals surface area contributed by atoms with Crippen molar-refractivity contribution < 1.29 is 4.79 Å². The number of aryl methyl sites for hydroxylation is 3. The molecule has 1 aliphatic carbocycles. The Kier molecular flexibility index (Phi) is 5.98. The SMILES string of the molecule is Cc1c(NC(=O)c2cc3c(s2)CCCC3)cccc1-c1cn(C)c(=O)c(Nc2cccnc2)n1. The molecule has 172 valence electrons. The number of carbonyl (C=O) groups excluding carboxylic acids is 1. The molecule has 2 N–H and O–H groups in total. The van der Waals surface area contributed by atoms with Crippen molar-refractivity contribution in [3.05, 3.63) is 86.2 Å². The predicted octanol–water partition coefficient (Wildman–Crippen LogP) is 5.09. The number of benzene rings is 1. The Balaban J connectivity index is 1.45. The van der Waals surface area contributed by atoms with E-state index >= 15 is 0 Å². The molecule has 0 atom stereocenters. The van der Waals surface area contributed by atoms with E-state index in [-0.39, 0.29) is 17.3 Å². The van der Waals surface area contributed by atoms with E-state index in [1.165, 1.54) is 27.8 Å². The highest BCUT2D eigenvalue weighted by molar-refractivity contribution is 7.14. The van der Waals surface area contributed by atoms with E-state index in [1.54, 1.807) is 43.0 Å². The first kappa shape index (κ1) is 22.0. The summed E-state index contributed by atoms with van der Waals surface area (Å²) in [4.78, 5) is 36.4. The maximum atomic E-state index is 13.0. The van der Waals surface area contributed by atoms with Crippen LogP contribution >= 0.6 is 11.3 Å². The zero-order valence-corrected chi connectivity index (χ0v) is 19.9. The number of rotatable bonds is 5. The van der Waals surface area contributed by atoms with E-state index in [4.69, 9.17) is 0 Å². The van der Waals surface area contributed by atoms with Gasteiger partial charge in [-0.25, -0.2) is 4.98 Å². The van der Waals surface area contributed by atoms with Crippen LogP contribution in [0.15, 0.2) is 59.8 Å².